The van der Waals surface area contributed by atoms with Gasteiger partial charge in [-0.25, -0.2) is 4.79 Å². The zero-order chi connectivity index (χ0) is 23.9. The van der Waals surface area contributed by atoms with Crippen LogP contribution >= 0.6 is 0 Å². The molecule has 1 aliphatic rings. The summed E-state index contributed by atoms with van der Waals surface area (Å²) in [5.74, 6) is 0.803. The zero-order valence-electron chi connectivity index (χ0n) is 18.4. The first-order valence-corrected chi connectivity index (χ1v) is 10.7. The molecule has 0 fully saturated rings. The third-order valence-electron chi connectivity index (χ3n) is 5.14. The number of anilines is 3. The highest BCUT2D eigenvalue weighted by atomic mass is 16.7. The maximum absolute atomic E-state index is 12.9. The quantitative estimate of drug-likeness (QED) is 0.377. The lowest BCUT2D eigenvalue weighted by molar-refractivity contribution is 0.102. The third-order valence-corrected chi connectivity index (χ3v) is 5.14. The van der Waals surface area contributed by atoms with E-state index in [0.29, 0.717) is 41.5 Å². The van der Waals surface area contributed by atoms with E-state index in [9.17, 15) is 14.7 Å². The number of rotatable bonds is 8. The van der Waals surface area contributed by atoms with E-state index < -0.39 is 0 Å². The largest absolute Gasteiger partial charge is 0.454 e. The lowest BCUT2D eigenvalue weighted by atomic mass is 10.2. The number of carbonyl (C=O) groups is 2. The Morgan fingerprint density at radius 1 is 1.06 bits per heavy atom. The summed E-state index contributed by atoms with van der Waals surface area (Å²) in [6.07, 6.45) is 1.96. The van der Waals surface area contributed by atoms with Gasteiger partial charge in [-0.2, -0.15) is 0 Å². The van der Waals surface area contributed by atoms with Gasteiger partial charge in [0, 0.05) is 37.6 Å². The molecule has 176 valence electrons. The molecule has 3 aromatic rings. The second-order valence-electron chi connectivity index (χ2n) is 7.59. The van der Waals surface area contributed by atoms with E-state index in [-0.39, 0.29) is 37.6 Å². The Kier molecular flexibility index (Phi) is 7.09. The number of hydrogen-bond donors (Lipinski definition) is 4. The molecular formula is C24H25N5O5. The standard InChI is InChI=1S/C24H25N5O5/c25-18-4-1-2-5-19(18)28-23(31)20-8-6-16(13-26-20)14-29(10-3-11-30)24(32)27-17-7-9-21-22(12-17)34-15-33-21/h1-2,4-9,12-13,30H,3,10-11,14-15,25H2,(H,27,32)(H,28,31). The summed E-state index contributed by atoms with van der Waals surface area (Å²) >= 11 is 0. The van der Waals surface area contributed by atoms with Crippen molar-refractivity contribution in [2.75, 3.05) is 36.3 Å². The minimum Gasteiger partial charge on any atom is -0.454 e. The molecule has 0 spiro atoms. The average molecular weight is 463 g/mol. The molecule has 2 aromatic carbocycles. The van der Waals surface area contributed by atoms with E-state index in [1.54, 1.807) is 65.7 Å². The Bertz CT molecular complexity index is 1170. The summed E-state index contributed by atoms with van der Waals surface area (Å²) in [4.78, 5) is 31.2. The normalized spacial score (nSPS) is 11.7. The fraction of sp³-hybridized carbons (Fsp3) is 0.208. The summed E-state index contributed by atoms with van der Waals surface area (Å²) < 4.78 is 10.6. The van der Waals surface area contributed by atoms with Crippen LogP contribution in [0, 0.1) is 0 Å². The van der Waals surface area contributed by atoms with Crippen molar-refractivity contribution in [3.8, 4) is 11.5 Å². The predicted molar refractivity (Wildman–Crippen MR) is 127 cm³/mol. The van der Waals surface area contributed by atoms with Gasteiger partial charge >= 0.3 is 6.03 Å². The second-order valence-corrected chi connectivity index (χ2v) is 7.59. The number of ether oxygens (including phenoxy) is 2. The number of carbonyl (C=O) groups excluding carboxylic acids is 2. The summed E-state index contributed by atoms with van der Waals surface area (Å²) in [6, 6.07) is 15.1. The van der Waals surface area contributed by atoms with Crippen molar-refractivity contribution in [2.24, 2.45) is 0 Å². The minimum absolute atomic E-state index is 0.0478. The Balaban J connectivity index is 1.40. The minimum atomic E-state index is -0.387. The molecule has 0 saturated carbocycles. The van der Waals surface area contributed by atoms with Gasteiger partial charge in [0.05, 0.1) is 11.4 Å². The zero-order valence-corrected chi connectivity index (χ0v) is 18.4. The van der Waals surface area contributed by atoms with Crippen LogP contribution in [0.2, 0.25) is 0 Å². The molecule has 0 unspecified atom stereocenters. The van der Waals surface area contributed by atoms with Crippen LogP contribution in [0.3, 0.4) is 0 Å². The number of amides is 3. The van der Waals surface area contributed by atoms with Crippen LogP contribution in [0.5, 0.6) is 11.5 Å². The first kappa shape index (κ1) is 22.9. The van der Waals surface area contributed by atoms with Crippen LogP contribution in [0.1, 0.15) is 22.5 Å². The Hall–Kier alpha value is -4.31. The van der Waals surface area contributed by atoms with Gasteiger partial charge in [0.25, 0.3) is 5.91 Å². The van der Waals surface area contributed by atoms with Crippen LogP contribution in [-0.2, 0) is 6.54 Å². The van der Waals surface area contributed by atoms with E-state index in [2.05, 4.69) is 15.6 Å². The van der Waals surface area contributed by atoms with E-state index in [1.165, 1.54) is 0 Å². The first-order valence-electron chi connectivity index (χ1n) is 10.7. The van der Waals surface area contributed by atoms with Crippen molar-refractivity contribution < 1.29 is 24.2 Å². The molecule has 2 heterocycles. The highest BCUT2D eigenvalue weighted by Crippen LogP contribution is 2.34. The van der Waals surface area contributed by atoms with Crippen molar-refractivity contribution in [1.29, 1.82) is 0 Å². The number of nitrogens with two attached hydrogens (primary N) is 1. The number of fused-ring (bicyclic) bond motifs is 1. The van der Waals surface area contributed by atoms with E-state index in [0.717, 1.165) is 5.56 Å². The molecule has 3 amide bonds. The topological polar surface area (TPSA) is 139 Å². The summed E-state index contributed by atoms with van der Waals surface area (Å²) in [5.41, 5.74) is 8.35. The van der Waals surface area contributed by atoms with Gasteiger partial charge in [-0.1, -0.05) is 18.2 Å². The maximum atomic E-state index is 12.9. The lowest BCUT2D eigenvalue weighted by Gasteiger charge is -2.23. The van der Waals surface area contributed by atoms with Gasteiger partial charge < -0.3 is 35.8 Å². The molecule has 0 aliphatic carbocycles. The number of pyridine rings is 1. The Morgan fingerprint density at radius 2 is 1.88 bits per heavy atom. The van der Waals surface area contributed by atoms with Crippen molar-refractivity contribution in [2.45, 2.75) is 13.0 Å². The monoisotopic (exact) mass is 463 g/mol. The molecule has 0 bridgehead atoms. The highest BCUT2D eigenvalue weighted by Gasteiger charge is 2.18. The Labute approximate surface area is 196 Å². The number of aliphatic hydroxyl groups excluding tert-OH is 1. The maximum Gasteiger partial charge on any atom is 0.322 e. The number of aliphatic hydroxyl groups is 1. The van der Waals surface area contributed by atoms with Gasteiger partial charge in [-0.3, -0.25) is 9.78 Å². The molecule has 10 nitrogen and oxygen atoms in total. The van der Waals surface area contributed by atoms with Gasteiger partial charge in [-0.05, 0) is 42.3 Å². The number of hydrogen-bond acceptors (Lipinski definition) is 7. The second kappa shape index (κ2) is 10.5. The molecule has 34 heavy (non-hydrogen) atoms. The summed E-state index contributed by atoms with van der Waals surface area (Å²) in [6.45, 7) is 0.683. The summed E-state index contributed by atoms with van der Waals surface area (Å²) in [5, 5.41) is 14.8. The number of nitrogens with one attached hydrogen (secondary N) is 2. The fourth-order valence-corrected chi connectivity index (χ4v) is 3.36. The predicted octanol–water partition coefficient (Wildman–Crippen LogP) is 3.06. The lowest BCUT2D eigenvalue weighted by Crippen LogP contribution is -2.35. The molecule has 0 saturated heterocycles. The highest BCUT2D eigenvalue weighted by molar-refractivity contribution is 6.04. The van der Waals surface area contributed by atoms with Crippen molar-refractivity contribution in [3.05, 3.63) is 72.1 Å². The van der Waals surface area contributed by atoms with Gasteiger partial charge in [0.15, 0.2) is 11.5 Å². The average Bonchev–Trinajstić information content (AvgIpc) is 3.31. The number of para-hydroxylation sites is 2. The molecule has 4 rings (SSSR count). The smallest absolute Gasteiger partial charge is 0.322 e. The number of urea groups is 1. The molecular weight excluding hydrogens is 438 g/mol. The molecule has 5 N–H and O–H groups in total. The van der Waals surface area contributed by atoms with Crippen LogP contribution in [0.4, 0.5) is 21.9 Å². The van der Waals surface area contributed by atoms with Crippen LogP contribution in [0.25, 0.3) is 0 Å². The summed E-state index contributed by atoms with van der Waals surface area (Å²) in [7, 11) is 0. The first-order chi connectivity index (χ1) is 16.5. The third kappa shape index (κ3) is 5.54. The van der Waals surface area contributed by atoms with E-state index in [4.69, 9.17) is 15.2 Å². The number of aromatic nitrogens is 1. The van der Waals surface area contributed by atoms with E-state index in [1.807, 2.05) is 0 Å². The molecule has 1 aliphatic heterocycles. The van der Waals surface area contributed by atoms with Gasteiger partial charge in [0.2, 0.25) is 6.79 Å². The molecule has 10 heteroatoms. The number of nitrogens with zero attached hydrogens (tertiary/aromatic N) is 2. The SMILES string of the molecule is Nc1ccccc1NC(=O)c1ccc(CN(CCCO)C(=O)Nc2ccc3c(c2)OCO3)cn1. The number of nitrogen functional groups attached to an aromatic ring is 1. The van der Waals surface area contributed by atoms with Crippen LogP contribution < -0.4 is 25.8 Å². The fourth-order valence-electron chi connectivity index (χ4n) is 3.36. The molecule has 1 aromatic heterocycles. The van der Waals surface area contributed by atoms with Crippen molar-refractivity contribution in [3.63, 3.8) is 0 Å². The van der Waals surface area contributed by atoms with Crippen molar-refractivity contribution in [1.82, 2.24) is 9.88 Å². The van der Waals surface area contributed by atoms with Crippen LogP contribution in [0.15, 0.2) is 60.8 Å². The van der Waals surface area contributed by atoms with Gasteiger partial charge in [0.1, 0.15) is 5.69 Å². The van der Waals surface area contributed by atoms with Crippen LogP contribution in [-0.4, -0.2) is 46.9 Å². The van der Waals surface area contributed by atoms with Crippen molar-refractivity contribution >= 4 is 29.0 Å². The van der Waals surface area contributed by atoms with E-state index >= 15 is 0 Å². The Morgan fingerprint density at radius 3 is 2.65 bits per heavy atom. The number of benzene rings is 2. The molecule has 0 radical (unpaired) electrons. The molecule has 0 atom stereocenters. The van der Waals surface area contributed by atoms with Gasteiger partial charge in [-0.15, -0.1) is 0 Å².